The minimum absolute atomic E-state index is 0.0203. The molecule has 2 aliphatic rings. The zero-order valence-electron chi connectivity index (χ0n) is 11.8. The Morgan fingerprint density at radius 1 is 1.37 bits per heavy atom. The number of nitrogens with zero attached hydrogens (tertiary/aromatic N) is 1. The number of carbonyl (C=O) groups excluding carboxylic acids is 1. The quantitative estimate of drug-likeness (QED) is 0.783. The lowest BCUT2D eigenvalue weighted by Gasteiger charge is -2.38. The van der Waals surface area contributed by atoms with Crippen molar-refractivity contribution in [2.75, 3.05) is 26.8 Å². The number of hydrogen-bond acceptors (Lipinski definition) is 4. The lowest BCUT2D eigenvalue weighted by molar-refractivity contribution is -0.142. The molecule has 110 valence electrons. The van der Waals surface area contributed by atoms with E-state index in [2.05, 4.69) is 0 Å². The summed E-state index contributed by atoms with van der Waals surface area (Å²) in [5.74, 6) is 0.0225. The van der Waals surface area contributed by atoms with Gasteiger partial charge in [0.2, 0.25) is 5.91 Å². The van der Waals surface area contributed by atoms with Crippen LogP contribution in [0.3, 0.4) is 0 Å². The molecule has 2 fully saturated rings. The van der Waals surface area contributed by atoms with Gasteiger partial charge in [0, 0.05) is 45.7 Å². The normalized spacial score (nSPS) is 30.9. The first kappa shape index (κ1) is 14.8. The molecule has 0 spiro atoms. The molecule has 19 heavy (non-hydrogen) atoms. The number of amides is 1. The van der Waals surface area contributed by atoms with E-state index in [-0.39, 0.29) is 17.9 Å². The van der Waals surface area contributed by atoms with E-state index in [9.17, 15) is 9.90 Å². The van der Waals surface area contributed by atoms with Crippen LogP contribution >= 0.6 is 0 Å². The monoisotopic (exact) mass is 270 g/mol. The molecule has 0 aromatic rings. The molecule has 1 amide bonds. The first-order valence-corrected chi connectivity index (χ1v) is 7.32. The highest BCUT2D eigenvalue weighted by molar-refractivity contribution is 5.79. The smallest absolute Gasteiger partial charge is 0.227 e. The van der Waals surface area contributed by atoms with Gasteiger partial charge >= 0.3 is 0 Å². The number of carbonyl (C=O) groups is 1. The van der Waals surface area contributed by atoms with E-state index in [1.165, 1.54) is 0 Å². The lowest BCUT2D eigenvalue weighted by Crippen LogP contribution is -2.51. The number of rotatable bonds is 3. The summed E-state index contributed by atoms with van der Waals surface area (Å²) in [5, 5.41) is 10.4. The summed E-state index contributed by atoms with van der Waals surface area (Å²) in [5.41, 5.74) is 5.26. The molecule has 1 saturated heterocycles. The van der Waals surface area contributed by atoms with Gasteiger partial charge in [0.15, 0.2) is 0 Å². The predicted molar refractivity (Wildman–Crippen MR) is 72.6 cm³/mol. The highest BCUT2D eigenvalue weighted by Gasteiger charge is 2.36. The second-order valence-electron chi connectivity index (χ2n) is 6.09. The molecule has 1 aliphatic heterocycles. The Balaban J connectivity index is 1.91. The third-order valence-corrected chi connectivity index (χ3v) is 4.47. The van der Waals surface area contributed by atoms with E-state index in [1.807, 2.05) is 0 Å². The third-order valence-electron chi connectivity index (χ3n) is 4.47. The summed E-state index contributed by atoms with van der Waals surface area (Å²) in [7, 11) is 1.77. The first-order chi connectivity index (χ1) is 9.02. The third kappa shape index (κ3) is 3.68. The van der Waals surface area contributed by atoms with Crippen molar-refractivity contribution in [1.82, 2.24) is 4.90 Å². The van der Waals surface area contributed by atoms with Gasteiger partial charge in [-0.15, -0.1) is 0 Å². The molecule has 2 atom stereocenters. The van der Waals surface area contributed by atoms with Crippen molar-refractivity contribution in [1.29, 1.82) is 0 Å². The number of ether oxygens (including phenoxy) is 1. The summed E-state index contributed by atoms with van der Waals surface area (Å²) in [6, 6.07) is -0.0203. The molecule has 2 unspecified atom stereocenters. The van der Waals surface area contributed by atoms with Crippen molar-refractivity contribution >= 4 is 5.91 Å². The Morgan fingerprint density at radius 2 is 2.00 bits per heavy atom. The van der Waals surface area contributed by atoms with Crippen molar-refractivity contribution in [3.05, 3.63) is 0 Å². The van der Waals surface area contributed by atoms with Gasteiger partial charge in [0.25, 0.3) is 0 Å². The van der Waals surface area contributed by atoms with Gasteiger partial charge in [-0.05, 0) is 12.8 Å². The molecule has 0 radical (unpaired) electrons. The molecule has 2 rings (SSSR count). The second-order valence-corrected chi connectivity index (χ2v) is 6.09. The molecular formula is C14H26N2O3. The van der Waals surface area contributed by atoms with E-state index < -0.39 is 5.60 Å². The zero-order valence-corrected chi connectivity index (χ0v) is 11.8. The molecule has 1 aliphatic carbocycles. The van der Waals surface area contributed by atoms with E-state index in [1.54, 1.807) is 11.9 Å². The predicted octanol–water partition coefficient (Wildman–Crippen LogP) is 0.504. The lowest BCUT2D eigenvalue weighted by atomic mass is 9.83. The van der Waals surface area contributed by atoms with Gasteiger partial charge in [0.1, 0.15) is 0 Å². The van der Waals surface area contributed by atoms with Gasteiger partial charge < -0.3 is 20.5 Å². The summed E-state index contributed by atoms with van der Waals surface area (Å²) in [6.45, 7) is 1.53. The minimum Gasteiger partial charge on any atom is -0.388 e. The fourth-order valence-electron chi connectivity index (χ4n) is 3.18. The Labute approximate surface area is 115 Å². The number of hydrogen-bond donors (Lipinski definition) is 2. The Hall–Kier alpha value is -0.650. The number of aliphatic hydroxyl groups is 1. The summed E-state index contributed by atoms with van der Waals surface area (Å²) < 4.78 is 5.26. The molecule has 0 bridgehead atoms. The van der Waals surface area contributed by atoms with Crippen LogP contribution in [0.1, 0.15) is 38.5 Å². The standard InChI is InChI=1S/C14H26N2O3/c1-16(10-14(18)6-8-19-9-7-14)13(17)11-4-2-3-5-12(11)15/h11-12,18H,2-10,15H2,1H3. The van der Waals surface area contributed by atoms with E-state index >= 15 is 0 Å². The maximum absolute atomic E-state index is 12.4. The fraction of sp³-hybridized carbons (Fsp3) is 0.929. The minimum atomic E-state index is -0.790. The highest BCUT2D eigenvalue weighted by atomic mass is 16.5. The second kappa shape index (κ2) is 6.20. The van der Waals surface area contributed by atoms with E-state index in [0.29, 0.717) is 32.6 Å². The zero-order chi connectivity index (χ0) is 13.9. The van der Waals surface area contributed by atoms with Crippen LogP contribution in [-0.2, 0) is 9.53 Å². The summed E-state index contributed by atoms with van der Waals surface area (Å²) in [4.78, 5) is 14.1. The average molecular weight is 270 g/mol. The SMILES string of the molecule is CN(CC1(O)CCOCC1)C(=O)C1CCCCC1N. The van der Waals surface area contributed by atoms with Crippen molar-refractivity contribution in [3.8, 4) is 0 Å². The molecule has 1 saturated carbocycles. The maximum Gasteiger partial charge on any atom is 0.227 e. The Kier molecular flexibility index (Phi) is 4.81. The van der Waals surface area contributed by atoms with Crippen LogP contribution in [0.15, 0.2) is 0 Å². The molecule has 3 N–H and O–H groups in total. The Bertz CT molecular complexity index is 316. The largest absolute Gasteiger partial charge is 0.388 e. The van der Waals surface area contributed by atoms with E-state index in [4.69, 9.17) is 10.5 Å². The molecule has 0 aromatic heterocycles. The topological polar surface area (TPSA) is 75.8 Å². The van der Waals surface area contributed by atoms with Crippen LogP contribution in [-0.4, -0.2) is 54.4 Å². The van der Waals surface area contributed by atoms with Gasteiger partial charge in [-0.3, -0.25) is 4.79 Å². The van der Waals surface area contributed by atoms with Crippen molar-refractivity contribution < 1.29 is 14.6 Å². The van der Waals surface area contributed by atoms with Crippen molar-refractivity contribution in [3.63, 3.8) is 0 Å². The van der Waals surface area contributed by atoms with Crippen molar-refractivity contribution in [2.45, 2.75) is 50.2 Å². The van der Waals surface area contributed by atoms with Crippen molar-refractivity contribution in [2.24, 2.45) is 11.7 Å². The number of likely N-dealkylation sites (N-methyl/N-ethyl adjacent to an activating group) is 1. The van der Waals surface area contributed by atoms with Gasteiger partial charge in [-0.25, -0.2) is 0 Å². The number of nitrogens with two attached hydrogens (primary N) is 1. The molecule has 5 heteroatoms. The summed E-state index contributed by atoms with van der Waals surface area (Å²) >= 11 is 0. The Morgan fingerprint density at radius 3 is 2.63 bits per heavy atom. The van der Waals surface area contributed by atoms with Gasteiger partial charge in [-0.1, -0.05) is 12.8 Å². The maximum atomic E-state index is 12.4. The molecule has 1 heterocycles. The van der Waals surface area contributed by atoms with Crippen LogP contribution in [0.2, 0.25) is 0 Å². The van der Waals surface area contributed by atoms with Crippen LogP contribution in [0.5, 0.6) is 0 Å². The van der Waals surface area contributed by atoms with Crippen LogP contribution in [0.4, 0.5) is 0 Å². The van der Waals surface area contributed by atoms with Crippen LogP contribution in [0, 0.1) is 5.92 Å². The molecule has 0 aromatic carbocycles. The highest BCUT2D eigenvalue weighted by Crippen LogP contribution is 2.26. The van der Waals surface area contributed by atoms with Crippen LogP contribution in [0.25, 0.3) is 0 Å². The van der Waals surface area contributed by atoms with Gasteiger partial charge in [-0.2, -0.15) is 0 Å². The summed E-state index contributed by atoms with van der Waals surface area (Å²) in [6.07, 6.45) is 5.21. The van der Waals surface area contributed by atoms with E-state index in [0.717, 1.165) is 25.7 Å². The van der Waals surface area contributed by atoms with Crippen LogP contribution < -0.4 is 5.73 Å². The molecular weight excluding hydrogens is 244 g/mol. The van der Waals surface area contributed by atoms with Gasteiger partial charge in [0.05, 0.1) is 11.5 Å². The molecule has 5 nitrogen and oxygen atoms in total. The fourth-order valence-corrected chi connectivity index (χ4v) is 3.18. The average Bonchev–Trinajstić information content (AvgIpc) is 2.39. The first-order valence-electron chi connectivity index (χ1n) is 7.32.